The number of fused-ring (bicyclic) bond motifs is 1. The van der Waals surface area contributed by atoms with Crippen LogP contribution in [0, 0.1) is 6.92 Å². The van der Waals surface area contributed by atoms with Crippen molar-refractivity contribution in [2.24, 2.45) is 7.05 Å². The molecule has 1 aromatic carbocycles. The summed E-state index contributed by atoms with van der Waals surface area (Å²) in [6.45, 7) is 6.53. The van der Waals surface area contributed by atoms with Crippen LogP contribution in [0.25, 0.3) is 22.3 Å². The predicted octanol–water partition coefficient (Wildman–Crippen LogP) is 4.45. The van der Waals surface area contributed by atoms with Crippen molar-refractivity contribution in [2.75, 3.05) is 0 Å². The minimum atomic E-state index is -0.148. The zero-order valence-corrected chi connectivity index (χ0v) is 17.7. The first-order valence-corrected chi connectivity index (χ1v) is 10.4. The van der Waals surface area contributed by atoms with Crippen LogP contribution in [-0.4, -0.2) is 25.7 Å². The molecule has 0 aliphatic heterocycles. The van der Waals surface area contributed by atoms with Crippen molar-refractivity contribution in [3.63, 3.8) is 0 Å². The third kappa shape index (κ3) is 3.78. The van der Waals surface area contributed by atoms with E-state index in [0.717, 1.165) is 33.0 Å². The SMILES string of the molecule is Cc1nn(C)c2nc(-c3ccccc3)cc(C(=O)NCc3csc(C(C)C)n3)c12. The highest BCUT2D eigenvalue weighted by Crippen LogP contribution is 2.27. The summed E-state index contributed by atoms with van der Waals surface area (Å²) < 4.78 is 1.73. The molecule has 0 atom stereocenters. The van der Waals surface area contributed by atoms with Crippen LogP contribution in [-0.2, 0) is 13.6 Å². The van der Waals surface area contributed by atoms with Gasteiger partial charge in [-0.25, -0.2) is 9.97 Å². The van der Waals surface area contributed by atoms with Crippen molar-refractivity contribution in [1.82, 2.24) is 25.1 Å². The normalized spacial score (nSPS) is 11.3. The van der Waals surface area contributed by atoms with E-state index in [1.807, 2.05) is 55.7 Å². The van der Waals surface area contributed by atoms with Gasteiger partial charge in [-0.3, -0.25) is 9.48 Å². The number of benzene rings is 1. The van der Waals surface area contributed by atoms with Gasteiger partial charge < -0.3 is 5.32 Å². The molecule has 6 nitrogen and oxygen atoms in total. The highest BCUT2D eigenvalue weighted by atomic mass is 32.1. The van der Waals surface area contributed by atoms with E-state index in [2.05, 4.69) is 29.2 Å². The maximum atomic E-state index is 13.1. The molecule has 4 rings (SSSR count). The number of thiazole rings is 1. The molecular formula is C22H23N5OS. The van der Waals surface area contributed by atoms with Crippen LogP contribution in [0.5, 0.6) is 0 Å². The van der Waals surface area contributed by atoms with Gasteiger partial charge in [0.05, 0.1) is 39.6 Å². The molecule has 0 bridgehead atoms. The van der Waals surface area contributed by atoms with Crippen molar-refractivity contribution < 1.29 is 4.79 Å². The number of nitrogens with zero attached hydrogens (tertiary/aromatic N) is 4. The van der Waals surface area contributed by atoms with Crippen molar-refractivity contribution in [3.8, 4) is 11.3 Å². The lowest BCUT2D eigenvalue weighted by Gasteiger charge is -2.09. The fraction of sp³-hybridized carbons (Fsp3) is 0.273. The monoisotopic (exact) mass is 405 g/mol. The van der Waals surface area contributed by atoms with Gasteiger partial charge in [0, 0.05) is 23.9 Å². The summed E-state index contributed by atoms with van der Waals surface area (Å²) in [5.74, 6) is 0.237. The lowest BCUT2D eigenvalue weighted by Crippen LogP contribution is -2.23. The second-order valence-corrected chi connectivity index (χ2v) is 8.23. The Morgan fingerprint density at radius 1 is 1.21 bits per heavy atom. The van der Waals surface area contributed by atoms with Crippen LogP contribution >= 0.6 is 11.3 Å². The van der Waals surface area contributed by atoms with Gasteiger partial charge in [0.25, 0.3) is 5.91 Å². The summed E-state index contributed by atoms with van der Waals surface area (Å²) in [7, 11) is 1.85. The molecule has 1 amide bonds. The number of carbonyl (C=O) groups is 1. The zero-order valence-electron chi connectivity index (χ0n) is 16.9. The fourth-order valence-corrected chi connectivity index (χ4v) is 4.15. The first-order valence-electron chi connectivity index (χ1n) is 9.56. The Hall–Kier alpha value is -3.06. The van der Waals surface area contributed by atoms with E-state index in [4.69, 9.17) is 4.98 Å². The molecular weight excluding hydrogens is 382 g/mol. The van der Waals surface area contributed by atoms with Gasteiger partial charge >= 0.3 is 0 Å². The van der Waals surface area contributed by atoms with Gasteiger partial charge in [0.15, 0.2) is 5.65 Å². The van der Waals surface area contributed by atoms with Crippen molar-refractivity contribution in [2.45, 2.75) is 33.2 Å². The first-order chi connectivity index (χ1) is 13.9. The smallest absolute Gasteiger partial charge is 0.252 e. The molecule has 1 N–H and O–H groups in total. The molecule has 0 aliphatic rings. The van der Waals surface area contributed by atoms with Crippen LogP contribution in [0.4, 0.5) is 0 Å². The number of hydrogen-bond acceptors (Lipinski definition) is 5. The van der Waals surface area contributed by atoms with Crippen LogP contribution in [0.3, 0.4) is 0 Å². The molecule has 4 aromatic rings. The van der Waals surface area contributed by atoms with Crippen molar-refractivity contribution >= 4 is 28.3 Å². The van der Waals surface area contributed by atoms with E-state index in [-0.39, 0.29) is 5.91 Å². The highest BCUT2D eigenvalue weighted by Gasteiger charge is 2.19. The van der Waals surface area contributed by atoms with Crippen LogP contribution in [0.1, 0.15) is 46.5 Å². The lowest BCUT2D eigenvalue weighted by atomic mass is 10.0. The van der Waals surface area contributed by atoms with Gasteiger partial charge in [-0.05, 0) is 13.0 Å². The van der Waals surface area contributed by atoms with E-state index >= 15 is 0 Å². The summed E-state index contributed by atoms with van der Waals surface area (Å²) in [6.07, 6.45) is 0. The Kier molecular flexibility index (Phi) is 5.15. The van der Waals surface area contributed by atoms with Gasteiger partial charge in [-0.2, -0.15) is 5.10 Å². The highest BCUT2D eigenvalue weighted by molar-refractivity contribution is 7.09. The summed E-state index contributed by atoms with van der Waals surface area (Å²) in [4.78, 5) is 22.5. The molecule has 148 valence electrons. The number of rotatable bonds is 5. The van der Waals surface area contributed by atoms with Crippen LogP contribution in [0.2, 0.25) is 0 Å². The molecule has 3 heterocycles. The Morgan fingerprint density at radius 3 is 2.66 bits per heavy atom. The second kappa shape index (κ2) is 7.75. The van der Waals surface area contributed by atoms with Crippen molar-refractivity contribution in [1.29, 1.82) is 0 Å². The molecule has 29 heavy (non-hydrogen) atoms. The standard InChI is InChI=1S/C22H23N5OS/c1-13(2)22-24-16(12-29-22)11-23-21(28)17-10-18(15-8-6-5-7-9-15)25-20-19(17)14(3)26-27(20)4/h5-10,12-13H,11H2,1-4H3,(H,23,28). The number of pyridine rings is 1. The predicted molar refractivity (Wildman–Crippen MR) is 116 cm³/mol. The molecule has 0 unspecified atom stereocenters. The molecule has 7 heteroatoms. The lowest BCUT2D eigenvalue weighted by molar-refractivity contribution is 0.0952. The maximum absolute atomic E-state index is 13.1. The number of nitrogens with one attached hydrogen (secondary N) is 1. The summed E-state index contributed by atoms with van der Waals surface area (Å²) >= 11 is 1.63. The van der Waals surface area contributed by atoms with E-state index < -0.39 is 0 Å². The van der Waals surface area contributed by atoms with E-state index in [0.29, 0.717) is 23.7 Å². The largest absolute Gasteiger partial charge is 0.346 e. The summed E-state index contributed by atoms with van der Waals surface area (Å²) in [5.41, 5.74) is 4.66. The number of carbonyl (C=O) groups excluding carboxylic acids is 1. The minimum absolute atomic E-state index is 0.148. The average Bonchev–Trinajstić information content (AvgIpc) is 3.31. The third-order valence-corrected chi connectivity index (χ3v) is 5.97. The molecule has 0 saturated heterocycles. The second-order valence-electron chi connectivity index (χ2n) is 7.34. The fourth-order valence-electron chi connectivity index (χ4n) is 3.32. The Bertz CT molecular complexity index is 1180. The Morgan fingerprint density at radius 2 is 1.97 bits per heavy atom. The van der Waals surface area contributed by atoms with Gasteiger partial charge in [0.1, 0.15) is 0 Å². The number of aryl methyl sites for hydroxylation is 2. The summed E-state index contributed by atoms with van der Waals surface area (Å²) in [5, 5.41) is 11.4. The Labute approximate surface area is 173 Å². The first kappa shape index (κ1) is 19.3. The Balaban J connectivity index is 1.70. The molecule has 0 saturated carbocycles. The molecule has 0 aliphatic carbocycles. The van der Waals surface area contributed by atoms with Gasteiger partial charge in [0.2, 0.25) is 0 Å². The van der Waals surface area contributed by atoms with Crippen molar-refractivity contribution in [3.05, 3.63) is 63.7 Å². The quantitative estimate of drug-likeness (QED) is 0.532. The van der Waals surface area contributed by atoms with Crippen LogP contribution in [0.15, 0.2) is 41.8 Å². The van der Waals surface area contributed by atoms with E-state index in [1.165, 1.54) is 0 Å². The number of hydrogen-bond donors (Lipinski definition) is 1. The molecule has 3 aromatic heterocycles. The van der Waals surface area contributed by atoms with Gasteiger partial charge in [-0.1, -0.05) is 44.2 Å². The third-order valence-electron chi connectivity index (χ3n) is 4.78. The summed E-state index contributed by atoms with van der Waals surface area (Å²) in [6, 6.07) is 11.7. The molecule has 0 spiro atoms. The number of amides is 1. The molecule has 0 radical (unpaired) electrons. The minimum Gasteiger partial charge on any atom is -0.346 e. The topological polar surface area (TPSA) is 72.7 Å². The average molecular weight is 406 g/mol. The van der Waals surface area contributed by atoms with Crippen LogP contribution < -0.4 is 5.32 Å². The number of aromatic nitrogens is 4. The van der Waals surface area contributed by atoms with E-state index in [1.54, 1.807) is 16.0 Å². The maximum Gasteiger partial charge on any atom is 0.252 e. The van der Waals surface area contributed by atoms with Gasteiger partial charge in [-0.15, -0.1) is 11.3 Å². The zero-order chi connectivity index (χ0) is 20.5. The molecule has 0 fully saturated rings. The van der Waals surface area contributed by atoms with E-state index in [9.17, 15) is 4.79 Å².